The van der Waals surface area contributed by atoms with Crippen LogP contribution in [0, 0.1) is 11.3 Å². The van der Waals surface area contributed by atoms with Crippen molar-refractivity contribution < 1.29 is 4.79 Å². The van der Waals surface area contributed by atoms with E-state index in [9.17, 15) is 4.79 Å². The van der Waals surface area contributed by atoms with Crippen molar-refractivity contribution in [2.24, 2.45) is 11.3 Å². The van der Waals surface area contributed by atoms with E-state index >= 15 is 0 Å². The highest BCUT2D eigenvalue weighted by Gasteiger charge is 2.48. The molecule has 1 aromatic heterocycles. The largest absolute Gasteiger partial charge is 0.342 e. The van der Waals surface area contributed by atoms with Gasteiger partial charge < -0.3 is 4.90 Å². The molecule has 0 atom stereocenters. The fourth-order valence-corrected chi connectivity index (χ4v) is 3.48. The molecule has 4 heteroatoms. The lowest BCUT2D eigenvalue weighted by Crippen LogP contribution is -2.57. The van der Waals surface area contributed by atoms with E-state index in [0.29, 0.717) is 11.3 Å². The zero-order chi connectivity index (χ0) is 14.2. The number of rotatable bonds is 3. The van der Waals surface area contributed by atoms with Gasteiger partial charge in [0.15, 0.2) is 0 Å². The Labute approximate surface area is 120 Å². The van der Waals surface area contributed by atoms with E-state index in [-0.39, 0.29) is 5.92 Å². The van der Waals surface area contributed by atoms with Crippen LogP contribution in [-0.2, 0) is 11.3 Å². The Morgan fingerprint density at radius 3 is 2.80 bits per heavy atom. The molecule has 3 rings (SSSR count). The Morgan fingerprint density at radius 2 is 2.15 bits per heavy atom. The third kappa shape index (κ3) is 2.57. The molecule has 1 aromatic rings. The number of carbonyl (C=O) groups excluding carboxylic acids is 1. The third-order valence-electron chi connectivity index (χ3n) is 4.47. The summed E-state index contributed by atoms with van der Waals surface area (Å²) in [5, 5.41) is 0. The quantitative estimate of drug-likeness (QED) is 0.842. The second kappa shape index (κ2) is 5.17. The first-order valence-electron chi connectivity index (χ1n) is 7.49. The number of pyridine rings is 1. The standard InChI is InChI=1S/C16H23N3O/c1-13(2)15(20)19-8-6-16(12-19)10-18(11-16)9-14-5-3-4-7-17-14/h3-5,7,13H,6,8-12H2,1-2H3. The van der Waals surface area contributed by atoms with E-state index in [1.54, 1.807) is 0 Å². The first-order valence-corrected chi connectivity index (χ1v) is 7.49. The molecule has 2 fully saturated rings. The highest BCUT2D eigenvalue weighted by Crippen LogP contribution is 2.40. The molecule has 2 aliphatic heterocycles. The van der Waals surface area contributed by atoms with E-state index in [2.05, 4.69) is 20.9 Å². The molecule has 1 spiro atoms. The minimum absolute atomic E-state index is 0.120. The number of amides is 1. The van der Waals surface area contributed by atoms with Crippen molar-refractivity contribution in [2.45, 2.75) is 26.8 Å². The fourth-order valence-electron chi connectivity index (χ4n) is 3.48. The number of nitrogens with zero attached hydrogens (tertiary/aromatic N) is 3. The van der Waals surface area contributed by atoms with Gasteiger partial charge in [-0.15, -0.1) is 0 Å². The first kappa shape index (κ1) is 13.6. The lowest BCUT2D eigenvalue weighted by molar-refractivity contribution is -0.134. The number of hydrogen-bond donors (Lipinski definition) is 0. The maximum atomic E-state index is 12.0. The molecule has 1 amide bonds. The van der Waals surface area contributed by atoms with Crippen LogP contribution < -0.4 is 0 Å². The van der Waals surface area contributed by atoms with Crippen molar-refractivity contribution in [1.29, 1.82) is 0 Å². The third-order valence-corrected chi connectivity index (χ3v) is 4.47. The Hall–Kier alpha value is -1.42. The van der Waals surface area contributed by atoms with Gasteiger partial charge in [-0.25, -0.2) is 0 Å². The van der Waals surface area contributed by atoms with Gasteiger partial charge in [-0.05, 0) is 18.6 Å². The van der Waals surface area contributed by atoms with Crippen molar-refractivity contribution in [2.75, 3.05) is 26.2 Å². The summed E-state index contributed by atoms with van der Waals surface area (Å²) in [5.41, 5.74) is 1.50. The molecule has 2 aliphatic rings. The maximum Gasteiger partial charge on any atom is 0.225 e. The summed E-state index contributed by atoms with van der Waals surface area (Å²) in [6, 6.07) is 6.07. The number of likely N-dealkylation sites (tertiary alicyclic amines) is 2. The molecule has 0 saturated carbocycles. The number of hydrogen-bond acceptors (Lipinski definition) is 3. The molecule has 20 heavy (non-hydrogen) atoms. The number of carbonyl (C=O) groups is 1. The van der Waals surface area contributed by atoms with Crippen molar-refractivity contribution in [3.63, 3.8) is 0 Å². The second-order valence-corrected chi connectivity index (χ2v) is 6.63. The molecule has 4 nitrogen and oxygen atoms in total. The molecule has 0 unspecified atom stereocenters. The first-order chi connectivity index (χ1) is 9.58. The van der Waals surface area contributed by atoms with E-state index in [1.807, 2.05) is 32.2 Å². The molecule has 0 aliphatic carbocycles. The smallest absolute Gasteiger partial charge is 0.225 e. The highest BCUT2D eigenvalue weighted by molar-refractivity contribution is 5.78. The summed E-state index contributed by atoms with van der Waals surface area (Å²) >= 11 is 0. The summed E-state index contributed by atoms with van der Waals surface area (Å²) in [6.07, 6.45) is 3.01. The lowest BCUT2D eigenvalue weighted by atomic mass is 9.79. The van der Waals surface area contributed by atoms with Crippen molar-refractivity contribution in [1.82, 2.24) is 14.8 Å². The normalized spacial score (nSPS) is 21.4. The SMILES string of the molecule is CC(C)C(=O)N1CCC2(CN(Cc3ccccn3)C2)C1. The van der Waals surface area contributed by atoms with Gasteiger partial charge in [-0.2, -0.15) is 0 Å². The monoisotopic (exact) mass is 273 g/mol. The average molecular weight is 273 g/mol. The summed E-state index contributed by atoms with van der Waals surface area (Å²) < 4.78 is 0. The molecule has 3 heterocycles. The van der Waals surface area contributed by atoms with Gasteiger partial charge >= 0.3 is 0 Å². The molecule has 0 bridgehead atoms. The van der Waals surface area contributed by atoms with Crippen LogP contribution in [0.15, 0.2) is 24.4 Å². The minimum Gasteiger partial charge on any atom is -0.342 e. The van der Waals surface area contributed by atoms with Gasteiger partial charge in [0.1, 0.15) is 0 Å². The average Bonchev–Trinajstić information content (AvgIpc) is 2.83. The lowest BCUT2D eigenvalue weighted by Gasteiger charge is -2.48. The highest BCUT2D eigenvalue weighted by atomic mass is 16.2. The second-order valence-electron chi connectivity index (χ2n) is 6.63. The van der Waals surface area contributed by atoms with Crippen molar-refractivity contribution in [3.8, 4) is 0 Å². The summed E-state index contributed by atoms with van der Waals surface area (Å²) in [7, 11) is 0. The van der Waals surface area contributed by atoms with Crippen LogP contribution in [0.25, 0.3) is 0 Å². The predicted octanol–water partition coefficient (Wildman–Crippen LogP) is 1.77. The number of aromatic nitrogens is 1. The van der Waals surface area contributed by atoms with Crippen LogP contribution in [0.4, 0.5) is 0 Å². The van der Waals surface area contributed by atoms with Crippen LogP contribution in [0.5, 0.6) is 0 Å². The van der Waals surface area contributed by atoms with Crippen LogP contribution >= 0.6 is 0 Å². The zero-order valence-corrected chi connectivity index (χ0v) is 12.4. The van der Waals surface area contributed by atoms with E-state index < -0.39 is 0 Å². The molecule has 2 saturated heterocycles. The van der Waals surface area contributed by atoms with Gasteiger partial charge in [0, 0.05) is 50.3 Å². The molecular formula is C16H23N3O. The van der Waals surface area contributed by atoms with Gasteiger partial charge in [-0.1, -0.05) is 19.9 Å². The minimum atomic E-state index is 0.120. The van der Waals surface area contributed by atoms with E-state index in [1.165, 1.54) is 0 Å². The Morgan fingerprint density at radius 1 is 1.35 bits per heavy atom. The topological polar surface area (TPSA) is 36.4 Å². The fraction of sp³-hybridized carbons (Fsp3) is 0.625. The Kier molecular flexibility index (Phi) is 3.50. The predicted molar refractivity (Wildman–Crippen MR) is 78.0 cm³/mol. The van der Waals surface area contributed by atoms with Crippen LogP contribution in [0.2, 0.25) is 0 Å². The maximum absolute atomic E-state index is 12.0. The molecular weight excluding hydrogens is 250 g/mol. The van der Waals surface area contributed by atoms with Crippen molar-refractivity contribution >= 4 is 5.91 Å². The Bertz CT molecular complexity index is 480. The Balaban J connectivity index is 1.52. The van der Waals surface area contributed by atoms with Crippen molar-refractivity contribution in [3.05, 3.63) is 30.1 Å². The van der Waals surface area contributed by atoms with Gasteiger partial charge in [-0.3, -0.25) is 14.7 Å². The molecule has 0 aromatic carbocycles. The van der Waals surface area contributed by atoms with Gasteiger partial charge in [0.25, 0.3) is 0 Å². The molecule has 108 valence electrons. The van der Waals surface area contributed by atoms with Crippen LogP contribution in [-0.4, -0.2) is 46.9 Å². The summed E-state index contributed by atoms with van der Waals surface area (Å²) in [4.78, 5) is 20.9. The van der Waals surface area contributed by atoms with Crippen LogP contribution in [0.1, 0.15) is 26.0 Å². The van der Waals surface area contributed by atoms with Crippen LogP contribution in [0.3, 0.4) is 0 Å². The summed E-state index contributed by atoms with van der Waals surface area (Å²) in [5.74, 6) is 0.430. The molecule has 0 radical (unpaired) electrons. The van der Waals surface area contributed by atoms with E-state index in [4.69, 9.17) is 0 Å². The van der Waals surface area contributed by atoms with Gasteiger partial charge in [0.2, 0.25) is 5.91 Å². The van der Waals surface area contributed by atoms with E-state index in [0.717, 1.165) is 44.8 Å². The van der Waals surface area contributed by atoms with Gasteiger partial charge in [0.05, 0.1) is 5.69 Å². The zero-order valence-electron chi connectivity index (χ0n) is 12.4. The summed E-state index contributed by atoms with van der Waals surface area (Å²) in [6.45, 7) is 9.00. The molecule has 0 N–H and O–H groups in total.